The van der Waals surface area contributed by atoms with Gasteiger partial charge < -0.3 is 16.0 Å². The molecule has 0 radical (unpaired) electrons. The van der Waals surface area contributed by atoms with Gasteiger partial charge in [0.15, 0.2) is 5.11 Å². The van der Waals surface area contributed by atoms with E-state index in [1.165, 1.54) is 0 Å². The number of aromatic nitrogens is 3. The third kappa shape index (κ3) is 4.92. The van der Waals surface area contributed by atoms with Crippen LogP contribution in [0.4, 0.5) is 11.9 Å². The molecule has 0 saturated carbocycles. The van der Waals surface area contributed by atoms with Crippen molar-refractivity contribution in [1.82, 2.24) is 20.3 Å². The first-order valence-corrected chi connectivity index (χ1v) is 5.75. The summed E-state index contributed by atoms with van der Waals surface area (Å²) in [5.41, 5.74) is 0. The topological polar surface area (TPSA) is 74.8 Å². The summed E-state index contributed by atoms with van der Waals surface area (Å²) in [6, 6.07) is 0. The summed E-state index contributed by atoms with van der Waals surface area (Å²) in [4.78, 5) is 11.9. The predicted octanol–water partition coefficient (Wildman–Crippen LogP) is 1.43. The van der Waals surface area contributed by atoms with Crippen LogP contribution in [0.5, 0.6) is 0 Å². The van der Waals surface area contributed by atoms with Crippen LogP contribution in [0.3, 0.4) is 0 Å². The molecule has 0 unspecified atom stereocenters. The molecule has 1 aromatic heterocycles. The van der Waals surface area contributed by atoms with E-state index >= 15 is 0 Å². The van der Waals surface area contributed by atoms with E-state index in [0.29, 0.717) is 30.1 Å². The lowest BCUT2D eigenvalue weighted by molar-refractivity contribution is 0.971. The van der Waals surface area contributed by atoms with Gasteiger partial charge in [-0.05, 0) is 30.7 Å². The Morgan fingerprint density at radius 2 is 2.12 bits per heavy atom. The predicted molar refractivity (Wildman–Crippen MR) is 73.4 cm³/mol. The van der Waals surface area contributed by atoms with Crippen molar-refractivity contribution in [3.8, 4) is 0 Å². The fourth-order valence-electron chi connectivity index (χ4n) is 0.955. The van der Waals surface area contributed by atoms with Crippen molar-refractivity contribution in [2.24, 2.45) is 0 Å². The number of hydrogen-bond acceptors (Lipinski definition) is 5. The maximum atomic E-state index is 5.76. The summed E-state index contributed by atoms with van der Waals surface area (Å²) in [6.07, 6.45) is 1.69. The van der Waals surface area contributed by atoms with Crippen molar-refractivity contribution in [2.75, 3.05) is 23.7 Å². The van der Waals surface area contributed by atoms with Crippen LogP contribution in [-0.2, 0) is 0 Å². The first kappa shape index (κ1) is 13.6. The van der Waals surface area contributed by atoms with Gasteiger partial charge in [-0.3, -0.25) is 0 Å². The zero-order valence-electron chi connectivity index (χ0n) is 9.33. The first-order chi connectivity index (χ1) is 8.15. The average Bonchev–Trinajstić information content (AvgIpc) is 2.25. The highest BCUT2D eigenvalue weighted by molar-refractivity contribution is 7.80. The third-order valence-electron chi connectivity index (χ3n) is 1.58. The van der Waals surface area contributed by atoms with E-state index in [4.69, 9.17) is 23.8 Å². The quantitative estimate of drug-likeness (QED) is 0.553. The van der Waals surface area contributed by atoms with E-state index in [1.54, 1.807) is 6.08 Å². The first-order valence-electron chi connectivity index (χ1n) is 4.97. The Balaban J connectivity index is 2.74. The summed E-state index contributed by atoms with van der Waals surface area (Å²) in [5, 5.41) is 9.16. The summed E-state index contributed by atoms with van der Waals surface area (Å²) in [7, 11) is 0. The molecule has 1 aromatic rings. The minimum absolute atomic E-state index is 0.0911. The fourth-order valence-corrected chi connectivity index (χ4v) is 1.35. The van der Waals surface area contributed by atoms with E-state index < -0.39 is 0 Å². The van der Waals surface area contributed by atoms with Gasteiger partial charge in [-0.1, -0.05) is 6.08 Å². The Morgan fingerprint density at radius 1 is 1.41 bits per heavy atom. The molecular formula is C9H13ClN6S. The van der Waals surface area contributed by atoms with Crippen LogP contribution in [0.2, 0.25) is 5.28 Å². The van der Waals surface area contributed by atoms with E-state index in [2.05, 4.69) is 37.5 Å². The Hall–Kier alpha value is -1.47. The molecule has 0 spiro atoms. The zero-order chi connectivity index (χ0) is 12.7. The molecule has 0 bridgehead atoms. The molecule has 0 atom stereocenters. The van der Waals surface area contributed by atoms with Gasteiger partial charge in [0.25, 0.3) is 0 Å². The largest absolute Gasteiger partial charge is 0.363 e. The molecule has 0 aromatic carbocycles. The Labute approximate surface area is 110 Å². The van der Waals surface area contributed by atoms with Crippen LogP contribution in [0.25, 0.3) is 0 Å². The van der Waals surface area contributed by atoms with E-state index in [-0.39, 0.29) is 5.28 Å². The number of hydrogen-bond donors (Lipinski definition) is 3. The Bertz CT molecular complexity index is 410. The van der Waals surface area contributed by atoms with Gasteiger partial charge in [0.05, 0.1) is 0 Å². The van der Waals surface area contributed by atoms with Gasteiger partial charge >= 0.3 is 0 Å². The van der Waals surface area contributed by atoms with Crippen LogP contribution >= 0.6 is 23.8 Å². The molecule has 8 heteroatoms. The van der Waals surface area contributed by atoms with Crippen molar-refractivity contribution in [3.05, 3.63) is 17.9 Å². The Kier molecular flexibility index (Phi) is 5.58. The summed E-state index contributed by atoms with van der Waals surface area (Å²) >= 11 is 10.8. The van der Waals surface area contributed by atoms with Gasteiger partial charge in [-0.2, -0.15) is 15.0 Å². The molecule has 1 heterocycles. The van der Waals surface area contributed by atoms with E-state index in [9.17, 15) is 0 Å². The lowest BCUT2D eigenvalue weighted by atomic mass is 10.6. The van der Waals surface area contributed by atoms with E-state index in [1.807, 2.05) is 6.92 Å². The Morgan fingerprint density at radius 3 is 2.76 bits per heavy atom. The molecule has 6 nitrogen and oxygen atoms in total. The summed E-state index contributed by atoms with van der Waals surface area (Å²) < 4.78 is 0. The highest BCUT2D eigenvalue weighted by Gasteiger charge is 2.05. The van der Waals surface area contributed by atoms with Crippen LogP contribution < -0.4 is 16.0 Å². The van der Waals surface area contributed by atoms with Gasteiger partial charge in [-0.15, -0.1) is 6.58 Å². The minimum atomic E-state index is 0.0911. The standard InChI is InChI=1S/C9H13ClN6S/c1-3-5-12-7-13-6(10)14-8(15-7)16-9(17)11-4-2/h3H,1,4-5H2,2H3,(H3,11,12,13,14,15,16,17). The second-order valence-corrected chi connectivity index (χ2v) is 3.65. The minimum Gasteiger partial charge on any atom is -0.363 e. The second kappa shape index (κ2) is 6.97. The number of thiocarbonyl (C=S) groups is 1. The second-order valence-electron chi connectivity index (χ2n) is 2.91. The number of anilines is 2. The summed E-state index contributed by atoms with van der Waals surface area (Å²) in [5.74, 6) is 0.661. The van der Waals surface area contributed by atoms with E-state index in [0.717, 1.165) is 0 Å². The maximum Gasteiger partial charge on any atom is 0.235 e. The number of nitrogens with zero attached hydrogens (tertiary/aromatic N) is 3. The highest BCUT2D eigenvalue weighted by Crippen LogP contribution is 2.09. The third-order valence-corrected chi connectivity index (χ3v) is 1.99. The normalized spacial score (nSPS) is 9.53. The van der Waals surface area contributed by atoms with Gasteiger partial charge in [0, 0.05) is 13.1 Å². The highest BCUT2D eigenvalue weighted by atomic mass is 35.5. The monoisotopic (exact) mass is 272 g/mol. The molecule has 0 saturated heterocycles. The number of rotatable bonds is 5. The van der Waals surface area contributed by atoms with Gasteiger partial charge in [0.1, 0.15) is 0 Å². The molecule has 0 aliphatic rings. The van der Waals surface area contributed by atoms with Crippen molar-refractivity contribution < 1.29 is 0 Å². The van der Waals surface area contributed by atoms with Crippen molar-refractivity contribution in [1.29, 1.82) is 0 Å². The molecule has 17 heavy (non-hydrogen) atoms. The SMILES string of the molecule is C=CCNc1nc(Cl)nc(NC(=S)NCC)n1. The van der Waals surface area contributed by atoms with Gasteiger partial charge in [0.2, 0.25) is 17.2 Å². The van der Waals surface area contributed by atoms with Crippen LogP contribution in [0.15, 0.2) is 12.7 Å². The molecule has 1 rings (SSSR count). The lowest BCUT2D eigenvalue weighted by Gasteiger charge is -2.08. The average molecular weight is 273 g/mol. The molecule has 0 amide bonds. The zero-order valence-corrected chi connectivity index (χ0v) is 10.9. The smallest absolute Gasteiger partial charge is 0.235 e. The fraction of sp³-hybridized carbons (Fsp3) is 0.333. The molecule has 3 N–H and O–H groups in total. The van der Waals surface area contributed by atoms with Crippen LogP contribution in [0, 0.1) is 0 Å². The molecule has 0 aliphatic heterocycles. The van der Waals surface area contributed by atoms with Gasteiger partial charge in [-0.25, -0.2) is 0 Å². The van der Waals surface area contributed by atoms with Crippen molar-refractivity contribution in [3.63, 3.8) is 0 Å². The summed E-state index contributed by atoms with van der Waals surface area (Å²) in [6.45, 7) is 6.77. The number of halogens is 1. The van der Waals surface area contributed by atoms with Crippen LogP contribution in [-0.4, -0.2) is 33.2 Å². The molecule has 0 fully saturated rings. The van der Waals surface area contributed by atoms with Crippen molar-refractivity contribution in [2.45, 2.75) is 6.92 Å². The maximum absolute atomic E-state index is 5.76. The lowest BCUT2D eigenvalue weighted by Crippen LogP contribution is -2.29. The number of nitrogens with one attached hydrogen (secondary N) is 3. The molecular weight excluding hydrogens is 260 g/mol. The molecule has 0 aliphatic carbocycles. The molecule has 92 valence electrons. The van der Waals surface area contributed by atoms with Crippen molar-refractivity contribution >= 4 is 40.8 Å². The van der Waals surface area contributed by atoms with Crippen LogP contribution in [0.1, 0.15) is 6.92 Å².